The summed E-state index contributed by atoms with van der Waals surface area (Å²) < 4.78 is 2.96. The molecule has 0 bridgehead atoms. The van der Waals surface area contributed by atoms with E-state index in [4.69, 9.17) is 0 Å². The lowest BCUT2D eigenvalue weighted by Gasteiger charge is -2.28. The van der Waals surface area contributed by atoms with Crippen LogP contribution >= 0.6 is 0 Å². The van der Waals surface area contributed by atoms with Crippen molar-refractivity contribution in [3.8, 4) is 0 Å². The van der Waals surface area contributed by atoms with Crippen molar-refractivity contribution in [3.63, 3.8) is 0 Å². The third kappa shape index (κ3) is 4.32. The van der Waals surface area contributed by atoms with Gasteiger partial charge in [-0.2, -0.15) is 0 Å². The van der Waals surface area contributed by atoms with Crippen LogP contribution in [0.15, 0.2) is 54.6 Å². The van der Waals surface area contributed by atoms with Gasteiger partial charge in [-0.25, -0.2) is 0 Å². The maximum atomic E-state index is 2.31. The average Bonchev–Trinajstić information content (AvgIpc) is 2.39. The lowest BCUT2D eigenvalue weighted by molar-refractivity contribution is -0.597. The molecule has 20 heavy (non-hydrogen) atoms. The van der Waals surface area contributed by atoms with Gasteiger partial charge in [0.25, 0.3) is 0 Å². The first-order valence-corrected chi connectivity index (χ1v) is 9.08. The molecule has 0 radical (unpaired) electrons. The molecule has 0 heterocycles. The lowest BCUT2D eigenvalue weighted by Crippen LogP contribution is -3.61. The summed E-state index contributed by atoms with van der Waals surface area (Å²) in [7, 11) is 4.27. The molecule has 0 saturated heterocycles. The Kier molecular flexibility index (Phi) is 5.22. The minimum atomic E-state index is -0.0485. The summed E-state index contributed by atoms with van der Waals surface area (Å²) in [5.74, 6) is 0. The maximum Gasteiger partial charge on any atom is 0.357 e. The zero-order chi connectivity index (χ0) is 14.6. The minimum Gasteiger partial charge on any atom is -0.309 e. The van der Waals surface area contributed by atoms with Gasteiger partial charge in [0.05, 0.1) is 0 Å². The Bertz CT molecular complexity index is 529. The van der Waals surface area contributed by atoms with Gasteiger partial charge in [0.15, 0.2) is 7.14 Å². The molecule has 2 heteroatoms. The van der Waals surface area contributed by atoms with Crippen molar-refractivity contribution in [2.75, 3.05) is 20.6 Å². The molecule has 2 rings (SSSR count). The van der Waals surface area contributed by atoms with Gasteiger partial charge in [-0.15, -0.1) is 0 Å². The van der Waals surface area contributed by atoms with Gasteiger partial charge >= 0.3 is 21.2 Å². The van der Waals surface area contributed by atoms with E-state index < -0.39 is 0 Å². The van der Waals surface area contributed by atoms with E-state index in [9.17, 15) is 0 Å². The van der Waals surface area contributed by atoms with Crippen LogP contribution in [0.1, 0.15) is 19.4 Å². The third-order valence-electron chi connectivity index (χ3n) is 3.29. The average molecular weight is 380 g/mol. The monoisotopic (exact) mass is 380 g/mol. The Morgan fingerprint density at radius 1 is 0.850 bits per heavy atom. The van der Waals surface area contributed by atoms with Crippen molar-refractivity contribution < 1.29 is 21.2 Å². The Labute approximate surface area is 133 Å². The molecule has 2 aromatic rings. The number of likely N-dealkylation sites (N-methyl/N-ethyl adjacent to an activating group) is 1. The van der Waals surface area contributed by atoms with Crippen LogP contribution in [0.3, 0.4) is 0 Å². The van der Waals surface area contributed by atoms with Crippen LogP contribution in [0, 0.1) is 7.14 Å². The SMILES string of the molecule is CN(C)CC(C)(C)c1ccc([I+]c2ccccc2)cc1. The van der Waals surface area contributed by atoms with Crippen molar-refractivity contribution in [3.05, 3.63) is 67.3 Å². The van der Waals surface area contributed by atoms with E-state index in [1.807, 2.05) is 0 Å². The maximum absolute atomic E-state index is 2.31. The second-order valence-electron chi connectivity index (χ2n) is 6.02. The molecule has 0 saturated carbocycles. The van der Waals surface area contributed by atoms with E-state index >= 15 is 0 Å². The largest absolute Gasteiger partial charge is 0.357 e. The molecule has 0 atom stereocenters. The van der Waals surface area contributed by atoms with E-state index in [-0.39, 0.29) is 26.6 Å². The molecule has 0 amide bonds. The molecule has 0 N–H and O–H groups in total. The van der Waals surface area contributed by atoms with Crippen LogP contribution in [-0.2, 0) is 5.41 Å². The number of hydrogen-bond acceptors (Lipinski definition) is 1. The van der Waals surface area contributed by atoms with Crippen LogP contribution in [0.2, 0.25) is 0 Å². The van der Waals surface area contributed by atoms with Crippen molar-refractivity contribution >= 4 is 0 Å². The molecule has 106 valence electrons. The van der Waals surface area contributed by atoms with Gasteiger partial charge in [0, 0.05) is 12.0 Å². The Morgan fingerprint density at radius 2 is 1.40 bits per heavy atom. The third-order valence-corrected chi connectivity index (χ3v) is 5.97. The van der Waals surface area contributed by atoms with Crippen molar-refractivity contribution in [2.45, 2.75) is 19.3 Å². The quantitative estimate of drug-likeness (QED) is 0.689. The zero-order valence-electron chi connectivity index (χ0n) is 12.7. The van der Waals surface area contributed by atoms with E-state index in [2.05, 4.69) is 87.4 Å². The number of rotatable bonds is 5. The molecule has 0 aromatic heterocycles. The van der Waals surface area contributed by atoms with Crippen molar-refractivity contribution in [2.24, 2.45) is 0 Å². The first kappa shape index (κ1) is 15.5. The summed E-state index contributed by atoms with van der Waals surface area (Å²) in [6.07, 6.45) is 0. The Morgan fingerprint density at radius 3 is 1.95 bits per heavy atom. The lowest BCUT2D eigenvalue weighted by atomic mass is 9.84. The fraction of sp³-hybridized carbons (Fsp3) is 0.333. The summed E-state index contributed by atoms with van der Waals surface area (Å²) in [6.45, 7) is 5.70. The van der Waals surface area contributed by atoms with E-state index in [0.29, 0.717) is 0 Å². The molecule has 0 unspecified atom stereocenters. The number of halogens is 1. The number of hydrogen-bond donors (Lipinski definition) is 0. The molecule has 0 aliphatic heterocycles. The first-order chi connectivity index (χ1) is 9.47. The van der Waals surface area contributed by atoms with E-state index in [0.717, 1.165) is 6.54 Å². The summed E-state index contributed by atoms with van der Waals surface area (Å²) in [6, 6.07) is 20.0. The highest BCUT2D eigenvalue weighted by Crippen LogP contribution is 2.23. The summed E-state index contributed by atoms with van der Waals surface area (Å²) >= 11 is -0.0485. The number of nitrogens with zero attached hydrogens (tertiary/aromatic N) is 1. The fourth-order valence-corrected chi connectivity index (χ4v) is 4.66. The second kappa shape index (κ2) is 6.72. The first-order valence-electron chi connectivity index (χ1n) is 6.92. The molecular formula is C18H23IN+. The van der Waals surface area contributed by atoms with Gasteiger partial charge < -0.3 is 4.90 Å². The van der Waals surface area contributed by atoms with Crippen molar-refractivity contribution in [1.82, 2.24) is 4.90 Å². The molecular weight excluding hydrogens is 357 g/mol. The van der Waals surface area contributed by atoms with Gasteiger partial charge in [-0.05, 0) is 43.9 Å². The van der Waals surface area contributed by atoms with Crippen molar-refractivity contribution in [1.29, 1.82) is 0 Å². The normalized spacial score (nSPS) is 11.8. The highest BCUT2D eigenvalue weighted by atomic mass is 127. The summed E-state index contributed by atoms with van der Waals surface area (Å²) in [5.41, 5.74) is 1.62. The highest BCUT2D eigenvalue weighted by molar-refractivity contribution is 5.23. The zero-order valence-corrected chi connectivity index (χ0v) is 14.9. The van der Waals surface area contributed by atoms with Gasteiger partial charge in [-0.3, -0.25) is 0 Å². The van der Waals surface area contributed by atoms with Crippen LogP contribution in [-0.4, -0.2) is 25.5 Å². The van der Waals surface area contributed by atoms with Crippen LogP contribution in [0.25, 0.3) is 0 Å². The molecule has 1 nitrogen and oxygen atoms in total. The molecule has 2 aromatic carbocycles. The number of benzene rings is 2. The minimum absolute atomic E-state index is 0.0485. The van der Waals surface area contributed by atoms with Crippen LogP contribution in [0.4, 0.5) is 0 Å². The summed E-state index contributed by atoms with van der Waals surface area (Å²) in [5, 5.41) is 0. The van der Waals surface area contributed by atoms with Crippen LogP contribution in [0.5, 0.6) is 0 Å². The fourth-order valence-electron chi connectivity index (χ4n) is 2.45. The molecule has 0 aliphatic carbocycles. The van der Waals surface area contributed by atoms with Gasteiger partial charge in [-0.1, -0.05) is 44.2 Å². The second-order valence-corrected chi connectivity index (χ2v) is 9.05. The molecule has 0 fully saturated rings. The predicted molar refractivity (Wildman–Crippen MR) is 81.9 cm³/mol. The van der Waals surface area contributed by atoms with Gasteiger partial charge in [0.2, 0.25) is 0 Å². The predicted octanol–water partition coefficient (Wildman–Crippen LogP) is 0.654. The van der Waals surface area contributed by atoms with E-state index in [1.54, 1.807) is 0 Å². The molecule has 0 aliphatic rings. The Balaban J connectivity index is 2.10. The molecule has 0 spiro atoms. The topological polar surface area (TPSA) is 3.24 Å². The smallest absolute Gasteiger partial charge is 0.309 e. The van der Waals surface area contributed by atoms with Gasteiger partial charge in [0.1, 0.15) is 0 Å². The highest BCUT2D eigenvalue weighted by Gasteiger charge is 2.22. The summed E-state index contributed by atoms with van der Waals surface area (Å²) in [4.78, 5) is 2.25. The standard InChI is InChI=1S/C18H23IN/c1-18(2,14-20(3)4)15-10-12-17(13-11-15)19-16-8-6-5-7-9-16/h5-13H,14H2,1-4H3/q+1. The van der Waals surface area contributed by atoms with E-state index in [1.165, 1.54) is 12.7 Å². The van der Waals surface area contributed by atoms with Crippen LogP contribution < -0.4 is 21.2 Å². The Hall–Kier alpha value is -0.870.